The second-order valence-electron chi connectivity index (χ2n) is 7.51. The van der Waals surface area contributed by atoms with Crippen molar-refractivity contribution in [3.05, 3.63) is 71.8 Å². The highest BCUT2D eigenvalue weighted by atomic mass is 19.3. The molecule has 2 aromatic carbocycles. The van der Waals surface area contributed by atoms with Gasteiger partial charge in [-0.1, -0.05) is 36.4 Å². The van der Waals surface area contributed by atoms with Gasteiger partial charge in [0, 0.05) is 11.1 Å². The molecule has 1 fully saturated rings. The Hall–Kier alpha value is -3.81. The fraction of sp³-hybridized carbons (Fsp3) is 0.174. The molecular weight excluding hydrogens is 406 g/mol. The summed E-state index contributed by atoms with van der Waals surface area (Å²) in [4.78, 5) is 28.4. The summed E-state index contributed by atoms with van der Waals surface area (Å²) in [5.74, 6) is -0.0278. The molecule has 5 rings (SSSR count). The summed E-state index contributed by atoms with van der Waals surface area (Å²) in [5.41, 5.74) is 1.78. The predicted molar refractivity (Wildman–Crippen MR) is 107 cm³/mol. The summed E-state index contributed by atoms with van der Waals surface area (Å²) in [6.45, 7) is 0. The third-order valence-electron chi connectivity index (χ3n) is 5.47. The molecule has 156 valence electrons. The first-order valence-corrected chi connectivity index (χ1v) is 9.63. The van der Waals surface area contributed by atoms with E-state index in [1.54, 1.807) is 48.5 Å². The summed E-state index contributed by atoms with van der Waals surface area (Å²) in [7, 11) is 0. The zero-order chi connectivity index (χ0) is 21.6. The van der Waals surface area contributed by atoms with E-state index in [4.69, 9.17) is 0 Å². The van der Waals surface area contributed by atoms with Crippen molar-refractivity contribution in [1.29, 1.82) is 0 Å². The minimum Gasteiger partial charge on any atom is -0.395 e. The number of nitrogens with zero attached hydrogens (tertiary/aromatic N) is 1. The minimum atomic E-state index is -3.70. The predicted octanol–water partition coefficient (Wildman–Crippen LogP) is 4.55. The fourth-order valence-corrected chi connectivity index (χ4v) is 3.65. The van der Waals surface area contributed by atoms with Crippen molar-refractivity contribution in [2.24, 2.45) is 0 Å². The number of benzene rings is 2. The van der Waals surface area contributed by atoms with Crippen LogP contribution in [0.25, 0.3) is 11.3 Å². The number of aromatic nitrogens is 1. The second-order valence-corrected chi connectivity index (χ2v) is 7.51. The van der Waals surface area contributed by atoms with Gasteiger partial charge >= 0.3 is 6.29 Å². The van der Waals surface area contributed by atoms with E-state index in [2.05, 4.69) is 19.8 Å². The smallest absolute Gasteiger partial charge is 0.395 e. The van der Waals surface area contributed by atoms with Crippen molar-refractivity contribution in [2.45, 2.75) is 24.6 Å². The average molecular weight is 422 g/mol. The van der Waals surface area contributed by atoms with Gasteiger partial charge in [-0.15, -0.1) is 8.78 Å². The van der Waals surface area contributed by atoms with E-state index >= 15 is 0 Å². The Bertz CT molecular complexity index is 1190. The van der Waals surface area contributed by atoms with Gasteiger partial charge in [-0.2, -0.15) is 0 Å². The fourth-order valence-electron chi connectivity index (χ4n) is 3.65. The van der Waals surface area contributed by atoms with Crippen LogP contribution in [0.4, 0.5) is 14.6 Å². The van der Waals surface area contributed by atoms with Gasteiger partial charge in [-0.05, 0) is 42.7 Å². The van der Waals surface area contributed by atoms with Gasteiger partial charge in [0.25, 0.3) is 0 Å². The topological polar surface area (TPSA) is 77.5 Å². The molecule has 0 radical (unpaired) electrons. The zero-order valence-corrected chi connectivity index (χ0v) is 16.1. The lowest BCUT2D eigenvalue weighted by Crippen LogP contribution is -2.28. The largest absolute Gasteiger partial charge is 0.586 e. The molecule has 2 aliphatic rings. The zero-order valence-electron chi connectivity index (χ0n) is 16.1. The molecule has 3 aromatic rings. The minimum absolute atomic E-state index is 0.0556. The molecule has 6 nitrogen and oxygen atoms in total. The van der Waals surface area contributed by atoms with E-state index in [1.165, 1.54) is 12.1 Å². The van der Waals surface area contributed by atoms with Crippen LogP contribution in [0.2, 0.25) is 0 Å². The number of fused-ring (bicyclic) bond motifs is 1. The number of pyridine rings is 1. The number of alkyl halides is 2. The van der Waals surface area contributed by atoms with Gasteiger partial charge in [0.2, 0.25) is 5.91 Å². The van der Waals surface area contributed by atoms with E-state index in [1.807, 2.05) is 0 Å². The monoisotopic (exact) mass is 422 g/mol. The second kappa shape index (κ2) is 6.87. The van der Waals surface area contributed by atoms with Gasteiger partial charge in [0.05, 0.1) is 11.1 Å². The molecule has 0 atom stereocenters. The Balaban J connectivity index is 1.36. The van der Waals surface area contributed by atoms with Crippen LogP contribution in [-0.4, -0.2) is 23.5 Å². The Morgan fingerprint density at radius 1 is 1.00 bits per heavy atom. The van der Waals surface area contributed by atoms with E-state index < -0.39 is 11.7 Å². The SMILES string of the molecule is O=Cc1ccc(-c2cccc(NC(=O)C3(c4ccc5c(c4)OC(F)(F)O5)CC3)n2)cc1. The maximum atomic E-state index is 13.3. The number of halogens is 2. The molecule has 1 N–H and O–H groups in total. The van der Waals surface area contributed by atoms with E-state index in [0.717, 1.165) is 11.8 Å². The maximum absolute atomic E-state index is 13.3. The lowest BCUT2D eigenvalue weighted by molar-refractivity contribution is -0.286. The van der Waals surface area contributed by atoms with Crippen LogP contribution in [0.3, 0.4) is 0 Å². The van der Waals surface area contributed by atoms with Crippen LogP contribution in [0.5, 0.6) is 11.5 Å². The van der Waals surface area contributed by atoms with Crippen molar-refractivity contribution in [3.63, 3.8) is 0 Å². The number of hydrogen-bond acceptors (Lipinski definition) is 5. The molecule has 1 amide bonds. The van der Waals surface area contributed by atoms with Gasteiger partial charge < -0.3 is 14.8 Å². The molecule has 31 heavy (non-hydrogen) atoms. The molecule has 8 heteroatoms. The first-order valence-electron chi connectivity index (χ1n) is 9.63. The molecule has 0 bridgehead atoms. The van der Waals surface area contributed by atoms with Gasteiger partial charge in [-0.25, -0.2) is 4.98 Å². The molecule has 2 heterocycles. The normalized spacial score (nSPS) is 17.1. The Morgan fingerprint density at radius 2 is 1.74 bits per heavy atom. The number of hydrogen-bond donors (Lipinski definition) is 1. The molecule has 1 aliphatic carbocycles. The van der Waals surface area contributed by atoms with Crippen LogP contribution in [0.1, 0.15) is 28.8 Å². The van der Waals surface area contributed by atoms with Gasteiger partial charge in [-0.3, -0.25) is 9.59 Å². The number of rotatable bonds is 5. The summed E-state index contributed by atoms with van der Waals surface area (Å²) >= 11 is 0. The number of aldehydes is 1. The molecule has 0 unspecified atom stereocenters. The number of ether oxygens (including phenoxy) is 2. The summed E-state index contributed by atoms with van der Waals surface area (Å²) < 4.78 is 35.5. The number of anilines is 1. The number of carbonyl (C=O) groups excluding carboxylic acids is 2. The van der Waals surface area contributed by atoms with Crippen molar-refractivity contribution < 1.29 is 27.8 Å². The standard InChI is InChI=1S/C23H16F2N2O4/c24-23(25)30-18-9-8-16(12-19(18)31-23)22(10-11-22)21(29)27-20-3-1-2-17(26-20)15-6-4-14(13-28)5-7-15/h1-9,12-13H,10-11H2,(H,26,27,29). The van der Waals surface area contributed by atoms with Crippen LogP contribution in [-0.2, 0) is 10.2 Å². The molecule has 0 saturated heterocycles. The van der Waals surface area contributed by atoms with E-state index in [0.29, 0.717) is 35.5 Å². The lowest BCUT2D eigenvalue weighted by atomic mass is 9.94. The molecule has 1 aromatic heterocycles. The molecular formula is C23H16F2N2O4. The summed E-state index contributed by atoms with van der Waals surface area (Å²) in [5, 5.41) is 2.83. The Morgan fingerprint density at radius 3 is 2.45 bits per heavy atom. The number of nitrogens with one attached hydrogen (secondary N) is 1. The van der Waals surface area contributed by atoms with Crippen molar-refractivity contribution in [3.8, 4) is 22.8 Å². The third-order valence-corrected chi connectivity index (χ3v) is 5.47. The van der Waals surface area contributed by atoms with Gasteiger partial charge in [0.1, 0.15) is 12.1 Å². The van der Waals surface area contributed by atoms with Crippen molar-refractivity contribution in [1.82, 2.24) is 4.98 Å². The highest BCUT2D eigenvalue weighted by molar-refractivity contribution is 6.01. The van der Waals surface area contributed by atoms with Crippen LogP contribution in [0, 0.1) is 0 Å². The average Bonchev–Trinajstić information content (AvgIpc) is 3.51. The highest BCUT2D eigenvalue weighted by Crippen LogP contribution is 2.52. The first kappa shape index (κ1) is 19.2. The molecule has 1 saturated carbocycles. The quantitative estimate of drug-likeness (QED) is 0.611. The van der Waals surface area contributed by atoms with Crippen LogP contribution in [0.15, 0.2) is 60.7 Å². The number of amides is 1. The van der Waals surface area contributed by atoms with Gasteiger partial charge in [0.15, 0.2) is 11.5 Å². The van der Waals surface area contributed by atoms with Crippen LogP contribution < -0.4 is 14.8 Å². The molecule has 0 spiro atoms. The van der Waals surface area contributed by atoms with E-state index in [-0.39, 0.29) is 17.4 Å². The number of carbonyl (C=O) groups is 2. The van der Waals surface area contributed by atoms with Crippen molar-refractivity contribution >= 4 is 18.0 Å². The summed E-state index contributed by atoms with van der Waals surface area (Å²) in [6.07, 6.45) is -1.77. The highest BCUT2D eigenvalue weighted by Gasteiger charge is 2.52. The Labute approximate surface area is 175 Å². The van der Waals surface area contributed by atoms with E-state index in [9.17, 15) is 18.4 Å². The first-order chi connectivity index (χ1) is 14.9. The van der Waals surface area contributed by atoms with Crippen molar-refractivity contribution in [2.75, 3.05) is 5.32 Å². The third kappa shape index (κ3) is 3.50. The molecule has 1 aliphatic heterocycles. The maximum Gasteiger partial charge on any atom is 0.586 e. The lowest BCUT2D eigenvalue weighted by Gasteiger charge is -2.16. The summed E-state index contributed by atoms with van der Waals surface area (Å²) in [6, 6.07) is 16.6. The van der Waals surface area contributed by atoms with Crippen LogP contribution >= 0.6 is 0 Å². The Kier molecular flexibility index (Phi) is 4.25.